The molecular weight excluding hydrogens is 310 g/mol. The maximum absolute atomic E-state index is 12.9. The molecule has 1 aromatic rings. The molecule has 1 aromatic carbocycles. The van der Waals surface area contributed by atoms with Crippen molar-refractivity contribution in [1.82, 2.24) is 0 Å². The molecule has 0 spiro atoms. The minimum absolute atomic E-state index is 0.147. The van der Waals surface area contributed by atoms with Gasteiger partial charge in [0.1, 0.15) is 5.92 Å². The number of hydrogen-bond donors (Lipinski definition) is 0. The van der Waals surface area contributed by atoms with Gasteiger partial charge in [-0.3, -0.25) is 9.79 Å². The van der Waals surface area contributed by atoms with Gasteiger partial charge in [0.05, 0.1) is 6.07 Å². The van der Waals surface area contributed by atoms with Crippen molar-refractivity contribution < 1.29 is 4.79 Å². The van der Waals surface area contributed by atoms with Gasteiger partial charge < -0.3 is 4.90 Å². The van der Waals surface area contributed by atoms with Crippen LogP contribution >= 0.6 is 0 Å². The largest absolute Gasteiger partial charge is 0.347 e. The van der Waals surface area contributed by atoms with Crippen molar-refractivity contribution in [3.63, 3.8) is 0 Å². The van der Waals surface area contributed by atoms with E-state index in [4.69, 9.17) is 0 Å². The van der Waals surface area contributed by atoms with Gasteiger partial charge in [-0.25, -0.2) is 0 Å². The Morgan fingerprint density at radius 2 is 2.08 bits per heavy atom. The Morgan fingerprint density at radius 3 is 2.80 bits per heavy atom. The predicted octanol–water partition coefficient (Wildman–Crippen LogP) is 4.02. The summed E-state index contributed by atoms with van der Waals surface area (Å²) in [6.07, 6.45) is 5.60. The van der Waals surface area contributed by atoms with Crippen LogP contribution in [-0.2, 0) is 10.2 Å². The molecule has 2 heterocycles. The monoisotopic (exact) mass is 335 g/mol. The summed E-state index contributed by atoms with van der Waals surface area (Å²) in [5.41, 5.74) is 3.77. The number of nitriles is 1. The first-order valence-corrected chi connectivity index (χ1v) is 8.99. The van der Waals surface area contributed by atoms with Gasteiger partial charge >= 0.3 is 0 Å². The number of nitrogens with zero attached hydrogens (tertiary/aromatic N) is 3. The van der Waals surface area contributed by atoms with Crippen LogP contribution in [-0.4, -0.2) is 25.1 Å². The molecule has 0 bridgehead atoms. The summed E-state index contributed by atoms with van der Waals surface area (Å²) in [5, 5.41) is 9.59. The van der Waals surface area contributed by atoms with Crippen molar-refractivity contribution in [2.75, 3.05) is 18.5 Å². The number of allylic oxidation sites excluding steroid dienone is 2. The summed E-state index contributed by atoms with van der Waals surface area (Å²) in [4.78, 5) is 19.5. The zero-order valence-corrected chi connectivity index (χ0v) is 15.2. The minimum atomic E-state index is -0.751. The van der Waals surface area contributed by atoms with Crippen molar-refractivity contribution in [1.29, 1.82) is 5.26 Å². The molecule has 4 nitrogen and oxygen atoms in total. The van der Waals surface area contributed by atoms with E-state index in [0.717, 1.165) is 49.3 Å². The highest BCUT2D eigenvalue weighted by Crippen LogP contribution is 2.46. The molecule has 4 heteroatoms. The van der Waals surface area contributed by atoms with E-state index in [1.165, 1.54) is 5.56 Å². The van der Waals surface area contributed by atoms with E-state index in [1.54, 1.807) is 6.08 Å². The third-order valence-electron chi connectivity index (χ3n) is 5.37. The SMILES string of the molecule is CN1/C(=C/C(=O)[C@H](C#N)C2=NCCCCC2)C(C)(C)c2ccccc21. The van der Waals surface area contributed by atoms with Gasteiger partial charge in [0.15, 0.2) is 5.78 Å². The average molecular weight is 335 g/mol. The lowest BCUT2D eigenvalue weighted by Crippen LogP contribution is -2.27. The van der Waals surface area contributed by atoms with Crippen LogP contribution in [0.25, 0.3) is 0 Å². The summed E-state index contributed by atoms with van der Waals surface area (Å²) in [5.74, 6) is -0.899. The molecule has 0 unspecified atom stereocenters. The highest BCUT2D eigenvalue weighted by molar-refractivity contribution is 6.12. The number of ketones is 1. The lowest BCUT2D eigenvalue weighted by molar-refractivity contribution is -0.115. The van der Waals surface area contributed by atoms with Crippen molar-refractivity contribution in [2.45, 2.75) is 44.9 Å². The predicted molar refractivity (Wildman–Crippen MR) is 101 cm³/mol. The topological polar surface area (TPSA) is 56.5 Å². The number of aliphatic imine (C=N–C) groups is 1. The zero-order chi connectivity index (χ0) is 18.0. The zero-order valence-electron chi connectivity index (χ0n) is 15.2. The third kappa shape index (κ3) is 3.11. The number of para-hydroxylation sites is 1. The molecule has 0 amide bonds. The fourth-order valence-electron chi connectivity index (χ4n) is 3.91. The molecule has 0 radical (unpaired) electrons. The summed E-state index contributed by atoms with van der Waals surface area (Å²) >= 11 is 0. The minimum Gasteiger partial charge on any atom is -0.347 e. The number of carbonyl (C=O) groups excluding carboxylic acids is 1. The van der Waals surface area contributed by atoms with E-state index in [2.05, 4.69) is 41.9 Å². The maximum atomic E-state index is 12.9. The van der Waals surface area contributed by atoms with E-state index in [1.807, 2.05) is 19.2 Å². The lowest BCUT2D eigenvalue weighted by atomic mass is 9.82. The molecule has 0 aromatic heterocycles. The Bertz CT molecular complexity index is 783. The van der Waals surface area contributed by atoms with Gasteiger partial charge in [0.2, 0.25) is 0 Å². The van der Waals surface area contributed by atoms with Crippen LogP contribution in [0.5, 0.6) is 0 Å². The van der Waals surface area contributed by atoms with E-state index < -0.39 is 5.92 Å². The first kappa shape index (κ1) is 17.4. The molecule has 1 atom stereocenters. The fraction of sp³-hybridized carbons (Fsp3) is 0.476. The first-order valence-electron chi connectivity index (χ1n) is 8.99. The number of benzene rings is 1. The standard InChI is InChI=1S/C21H25N3O/c1-21(2)16-9-6-7-11-18(16)24(3)20(21)13-19(25)15(14-22)17-10-5-4-8-12-23-17/h6-7,9,11,13,15H,4-5,8,10,12H2,1-3H3/b20-13+/t15-/m1/s1. The van der Waals surface area contributed by atoms with Crippen molar-refractivity contribution >= 4 is 17.2 Å². The molecule has 130 valence electrons. The molecule has 2 aliphatic rings. The van der Waals surface area contributed by atoms with Gasteiger partial charge in [-0.05, 0) is 30.9 Å². The number of hydrogen-bond acceptors (Lipinski definition) is 4. The van der Waals surface area contributed by atoms with Crippen LogP contribution in [0.3, 0.4) is 0 Å². The van der Waals surface area contributed by atoms with Gasteiger partial charge in [0, 0.05) is 42.2 Å². The Hall–Kier alpha value is -2.41. The molecule has 0 aliphatic carbocycles. The van der Waals surface area contributed by atoms with E-state index in [-0.39, 0.29) is 11.2 Å². The number of anilines is 1. The van der Waals surface area contributed by atoms with Gasteiger partial charge in [-0.15, -0.1) is 0 Å². The average Bonchev–Trinajstić information content (AvgIpc) is 2.81. The lowest BCUT2D eigenvalue weighted by Gasteiger charge is -2.24. The Labute approximate surface area is 149 Å². The highest BCUT2D eigenvalue weighted by atomic mass is 16.1. The summed E-state index contributed by atoms with van der Waals surface area (Å²) in [7, 11) is 1.98. The van der Waals surface area contributed by atoms with Crippen LogP contribution in [0, 0.1) is 17.2 Å². The normalized spacial score (nSPS) is 21.9. The van der Waals surface area contributed by atoms with E-state index in [0.29, 0.717) is 0 Å². The quantitative estimate of drug-likeness (QED) is 0.784. The maximum Gasteiger partial charge on any atom is 0.180 e. The molecule has 0 saturated heterocycles. The van der Waals surface area contributed by atoms with Crippen LogP contribution in [0.1, 0.15) is 45.1 Å². The summed E-state index contributed by atoms with van der Waals surface area (Å²) in [6.45, 7) is 4.98. The summed E-state index contributed by atoms with van der Waals surface area (Å²) in [6, 6.07) is 10.4. The molecule has 0 saturated carbocycles. The second kappa shape index (κ2) is 6.84. The molecule has 3 rings (SSSR count). The first-order chi connectivity index (χ1) is 12.0. The van der Waals surface area contributed by atoms with Gasteiger partial charge in [-0.2, -0.15) is 5.26 Å². The number of likely N-dealkylation sites (N-methyl/N-ethyl adjacent to an activating group) is 1. The second-order valence-electron chi connectivity index (χ2n) is 7.38. The van der Waals surface area contributed by atoms with E-state index >= 15 is 0 Å². The molecule has 0 N–H and O–H groups in total. The number of rotatable bonds is 3. The van der Waals surface area contributed by atoms with Crippen molar-refractivity contribution in [3.8, 4) is 6.07 Å². The van der Waals surface area contributed by atoms with Crippen LogP contribution in [0.4, 0.5) is 5.69 Å². The Morgan fingerprint density at radius 1 is 1.32 bits per heavy atom. The third-order valence-corrected chi connectivity index (χ3v) is 5.37. The second-order valence-corrected chi connectivity index (χ2v) is 7.38. The number of carbonyl (C=O) groups is 1. The fourth-order valence-corrected chi connectivity index (χ4v) is 3.91. The highest BCUT2D eigenvalue weighted by Gasteiger charge is 2.39. The molecular formula is C21H25N3O. The van der Waals surface area contributed by atoms with Crippen molar-refractivity contribution in [3.05, 3.63) is 41.6 Å². The molecule has 2 aliphatic heterocycles. The molecule has 0 fully saturated rings. The van der Waals surface area contributed by atoms with Crippen LogP contribution in [0.2, 0.25) is 0 Å². The molecule has 25 heavy (non-hydrogen) atoms. The number of fused-ring (bicyclic) bond motifs is 1. The summed E-state index contributed by atoms with van der Waals surface area (Å²) < 4.78 is 0. The van der Waals surface area contributed by atoms with E-state index in [9.17, 15) is 10.1 Å². The van der Waals surface area contributed by atoms with Gasteiger partial charge in [0.25, 0.3) is 0 Å². The smallest absolute Gasteiger partial charge is 0.180 e. The van der Waals surface area contributed by atoms with Crippen LogP contribution < -0.4 is 4.90 Å². The Balaban J connectivity index is 1.93. The van der Waals surface area contributed by atoms with Gasteiger partial charge in [-0.1, -0.05) is 38.5 Å². The Kier molecular flexibility index (Phi) is 4.76. The van der Waals surface area contributed by atoms with Crippen LogP contribution in [0.15, 0.2) is 41.0 Å². The van der Waals surface area contributed by atoms with Crippen molar-refractivity contribution in [2.24, 2.45) is 10.9 Å².